The Bertz CT molecular complexity index is 303. The van der Waals surface area contributed by atoms with Gasteiger partial charge in [0.25, 0.3) is 6.43 Å². The van der Waals surface area contributed by atoms with E-state index in [2.05, 4.69) is 0 Å². The van der Waals surface area contributed by atoms with Gasteiger partial charge in [-0.15, -0.1) is 0 Å². The van der Waals surface area contributed by atoms with Gasteiger partial charge in [0.05, 0.1) is 0 Å². The number of sulfone groups is 1. The number of carbonyl (C=O) groups excluding carboxylic acids is 1. The van der Waals surface area contributed by atoms with Gasteiger partial charge in [0.2, 0.25) is 5.91 Å². The molecule has 0 saturated carbocycles. The highest BCUT2D eigenvalue weighted by Crippen LogP contribution is 2.10. The van der Waals surface area contributed by atoms with E-state index >= 15 is 0 Å². The van der Waals surface area contributed by atoms with Gasteiger partial charge in [0.15, 0.2) is 15.3 Å². The molecule has 0 heterocycles. The first-order valence-electron chi connectivity index (χ1n) is 3.58. The number of amides is 1. The molecule has 0 aromatic carbocycles. The van der Waals surface area contributed by atoms with Crippen molar-refractivity contribution in [1.82, 2.24) is 5.32 Å². The highest BCUT2D eigenvalue weighted by Gasteiger charge is 2.35. The molecule has 8 heteroatoms. The van der Waals surface area contributed by atoms with Crippen molar-refractivity contribution in [3.63, 3.8) is 0 Å². The lowest BCUT2D eigenvalue weighted by Crippen LogP contribution is -2.50. The molecule has 5 nitrogen and oxygen atoms in total. The molecule has 0 aliphatic carbocycles. The zero-order chi connectivity index (χ0) is 11.5. The quantitative estimate of drug-likeness (QED) is 0.658. The van der Waals surface area contributed by atoms with Crippen molar-refractivity contribution in [2.24, 2.45) is 0 Å². The number of hydrogen-bond donors (Lipinski definition) is 2. The fourth-order valence-electron chi connectivity index (χ4n) is 0.760. The average molecular weight is 231 g/mol. The van der Waals surface area contributed by atoms with Crippen LogP contribution in [0.5, 0.6) is 0 Å². The van der Waals surface area contributed by atoms with Crippen LogP contribution in [0.15, 0.2) is 0 Å². The van der Waals surface area contributed by atoms with Crippen LogP contribution in [0.1, 0.15) is 6.92 Å². The van der Waals surface area contributed by atoms with Crippen LogP contribution in [-0.4, -0.2) is 43.6 Å². The summed E-state index contributed by atoms with van der Waals surface area (Å²) in [6.07, 6.45) is -2.54. The van der Waals surface area contributed by atoms with Gasteiger partial charge < -0.3 is 10.4 Å². The third kappa shape index (κ3) is 3.97. The molecule has 0 bridgehead atoms. The summed E-state index contributed by atoms with van der Waals surface area (Å²) in [5.74, 6) is -0.835. The average Bonchev–Trinajstić information content (AvgIpc) is 1.96. The minimum atomic E-state index is -4.03. The maximum Gasteiger partial charge on any atom is 0.262 e. The number of aliphatic hydroxyl groups excluding tert-OH is 1. The molecule has 0 fully saturated rings. The van der Waals surface area contributed by atoms with E-state index in [1.54, 1.807) is 5.32 Å². The van der Waals surface area contributed by atoms with Crippen molar-refractivity contribution in [2.45, 2.75) is 24.8 Å². The Labute approximate surface area is 80.0 Å². The fraction of sp³-hybridized carbons (Fsp3) is 0.833. The topological polar surface area (TPSA) is 83.5 Å². The smallest absolute Gasteiger partial charge is 0.262 e. The van der Waals surface area contributed by atoms with Gasteiger partial charge in [-0.1, -0.05) is 0 Å². The van der Waals surface area contributed by atoms with Crippen LogP contribution >= 0.6 is 0 Å². The van der Waals surface area contributed by atoms with Gasteiger partial charge in [-0.05, 0) is 0 Å². The fourth-order valence-corrected chi connectivity index (χ4v) is 1.48. The van der Waals surface area contributed by atoms with E-state index in [0.717, 1.165) is 6.92 Å². The largest absolute Gasteiger partial charge is 0.375 e. The van der Waals surface area contributed by atoms with Gasteiger partial charge in [-0.2, -0.15) is 0 Å². The molecule has 14 heavy (non-hydrogen) atoms. The van der Waals surface area contributed by atoms with Crippen molar-refractivity contribution < 1.29 is 27.1 Å². The van der Waals surface area contributed by atoms with Crippen LogP contribution in [0, 0.1) is 0 Å². The number of carbonyl (C=O) groups is 1. The van der Waals surface area contributed by atoms with Crippen molar-refractivity contribution in [3.8, 4) is 0 Å². The Hall–Kier alpha value is -0.760. The summed E-state index contributed by atoms with van der Waals surface area (Å²) in [5.41, 5.74) is -2.30. The number of alkyl halides is 2. The summed E-state index contributed by atoms with van der Waals surface area (Å²) < 4.78 is 45.9. The Morgan fingerprint density at radius 2 is 1.86 bits per heavy atom. The molecule has 1 amide bonds. The second-order valence-corrected chi connectivity index (χ2v) is 4.92. The Kier molecular flexibility index (Phi) is 4.40. The molecular formula is C6H11F2NO4S. The molecule has 0 spiro atoms. The second-order valence-electron chi connectivity index (χ2n) is 2.78. The summed E-state index contributed by atoms with van der Waals surface area (Å²) in [6, 6.07) is -2.09. The van der Waals surface area contributed by atoms with E-state index in [-0.39, 0.29) is 0 Å². The second kappa shape index (κ2) is 4.65. The van der Waals surface area contributed by atoms with Crippen LogP contribution in [-0.2, 0) is 14.6 Å². The van der Waals surface area contributed by atoms with Crippen LogP contribution < -0.4 is 5.32 Å². The van der Waals surface area contributed by atoms with Crippen LogP contribution in [0.3, 0.4) is 0 Å². The molecule has 2 N–H and O–H groups in total. The molecule has 0 radical (unpaired) electrons. The predicted molar refractivity (Wildman–Crippen MR) is 44.5 cm³/mol. The van der Waals surface area contributed by atoms with Gasteiger partial charge in [0.1, 0.15) is 6.04 Å². The lowest BCUT2D eigenvalue weighted by atomic mass is 10.3. The molecule has 0 aliphatic rings. The first kappa shape index (κ1) is 13.2. The first-order valence-corrected chi connectivity index (χ1v) is 5.54. The summed E-state index contributed by atoms with van der Waals surface area (Å²) in [5, 5.41) is 10.6. The van der Waals surface area contributed by atoms with Crippen molar-refractivity contribution in [1.29, 1.82) is 0 Å². The summed E-state index contributed by atoms with van der Waals surface area (Å²) in [4.78, 5) is 10.4. The minimum absolute atomic E-state index is 0.606. The third-order valence-corrected chi connectivity index (χ3v) is 2.56. The van der Waals surface area contributed by atoms with Gasteiger partial charge in [-0.3, -0.25) is 4.79 Å². The van der Waals surface area contributed by atoms with Crippen molar-refractivity contribution >= 4 is 15.7 Å². The van der Waals surface area contributed by atoms with E-state index in [9.17, 15) is 22.0 Å². The normalized spacial score (nSPS) is 16.4. The summed E-state index contributed by atoms with van der Waals surface area (Å²) >= 11 is 0. The zero-order valence-electron chi connectivity index (χ0n) is 7.57. The van der Waals surface area contributed by atoms with Crippen molar-refractivity contribution in [3.05, 3.63) is 0 Å². The predicted octanol–water partition coefficient (Wildman–Crippen LogP) is -0.881. The Morgan fingerprint density at radius 1 is 1.43 bits per heavy atom. The number of rotatable bonds is 4. The molecule has 2 atom stereocenters. The zero-order valence-corrected chi connectivity index (χ0v) is 8.38. The maximum absolute atomic E-state index is 12.2. The van der Waals surface area contributed by atoms with Crippen molar-refractivity contribution in [2.75, 3.05) is 6.26 Å². The summed E-state index contributed by atoms with van der Waals surface area (Å²) in [7, 11) is -4.03. The van der Waals surface area contributed by atoms with E-state index in [0.29, 0.717) is 6.26 Å². The number of nitrogens with one attached hydrogen (secondary N) is 1. The minimum Gasteiger partial charge on any atom is -0.375 e. The van der Waals surface area contributed by atoms with E-state index in [1.165, 1.54) is 0 Å². The van der Waals surface area contributed by atoms with Gasteiger partial charge in [0, 0.05) is 13.2 Å². The van der Waals surface area contributed by atoms with Crippen LogP contribution in [0.2, 0.25) is 0 Å². The lowest BCUT2D eigenvalue weighted by molar-refractivity contribution is -0.121. The van der Waals surface area contributed by atoms with Gasteiger partial charge in [-0.25, -0.2) is 17.2 Å². The first-order chi connectivity index (χ1) is 6.16. The lowest BCUT2D eigenvalue weighted by Gasteiger charge is -2.21. The third-order valence-electron chi connectivity index (χ3n) is 1.39. The SMILES string of the molecule is CC(=O)NC(C(F)F)C(O)S(C)(=O)=O. The molecular weight excluding hydrogens is 220 g/mol. The molecule has 2 unspecified atom stereocenters. The molecule has 84 valence electrons. The van der Waals surface area contributed by atoms with E-state index in [4.69, 9.17) is 5.11 Å². The number of halogens is 2. The summed E-state index contributed by atoms with van der Waals surface area (Å²) in [6.45, 7) is 0.949. The number of hydrogen-bond acceptors (Lipinski definition) is 4. The highest BCUT2D eigenvalue weighted by atomic mass is 32.2. The molecule has 0 rings (SSSR count). The Balaban J connectivity index is 4.75. The Morgan fingerprint density at radius 3 is 2.07 bits per heavy atom. The van der Waals surface area contributed by atoms with Crippen LogP contribution in [0.25, 0.3) is 0 Å². The van der Waals surface area contributed by atoms with E-state index < -0.39 is 33.6 Å². The standard InChI is InChI=1S/C6H11F2NO4S/c1-3(10)9-4(5(7)8)6(11)14(2,12)13/h4-6,11H,1-2H3,(H,9,10). The highest BCUT2D eigenvalue weighted by molar-refractivity contribution is 7.91. The molecule has 0 aliphatic heterocycles. The van der Waals surface area contributed by atoms with Crippen LogP contribution in [0.4, 0.5) is 8.78 Å². The molecule has 0 aromatic rings. The molecule has 0 saturated heterocycles. The number of aliphatic hydroxyl groups is 1. The monoisotopic (exact) mass is 231 g/mol. The molecule has 0 aromatic heterocycles. The maximum atomic E-state index is 12.2. The van der Waals surface area contributed by atoms with Gasteiger partial charge >= 0.3 is 0 Å². The van der Waals surface area contributed by atoms with E-state index in [1.807, 2.05) is 0 Å².